The SMILES string of the molecule is CCC(=O)c1ccc(N2CC=C(C(F)(F)F)CC2)cc1. The maximum absolute atomic E-state index is 12.5. The number of anilines is 1. The lowest BCUT2D eigenvalue weighted by molar-refractivity contribution is -0.0944. The Morgan fingerprint density at radius 1 is 1.25 bits per heavy atom. The summed E-state index contributed by atoms with van der Waals surface area (Å²) in [6.07, 6.45) is -2.54. The quantitative estimate of drug-likeness (QED) is 0.618. The Hall–Kier alpha value is -1.78. The van der Waals surface area contributed by atoms with Crippen LogP contribution >= 0.6 is 0 Å². The zero-order valence-electron chi connectivity index (χ0n) is 11.2. The fraction of sp³-hybridized carbons (Fsp3) is 0.400. The van der Waals surface area contributed by atoms with Gasteiger partial charge in [-0.1, -0.05) is 13.0 Å². The van der Waals surface area contributed by atoms with E-state index in [1.807, 2.05) is 4.90 Å². The topological polar surface area (TPSA) is 20.3 Å². The van der Waals surface area contributed by atoms with Crippen molar-refractivity contribution in [2.24, 2.45) is 0 Å². The molecule has 1 heterocycles. The number of halogens is 3. The number of hydrogen-bond acceptors (Lipinski definition) is 2. The molecule has 0 atom stereocenters. The number of ketones is 1. The van der Waals surface area contributed by atoms with E-state index in [1.165, 1.54) is 6.08 Å². The molecule has 0 bridgehead atoms. The molecule has 20 heavy (non-hydrogen) atoms. The van der Waals surface area contributed by atoms with Crippen LogP contribution in [0.15, 0.2) is 35.9 Å². The molecular formula is C15H16F3NO. The molecule has 1 aromatic rings. The van der Waals surface area contributed by atoms with E-state index in [4.69, 9.17) is 0 Å². The highest BCUT2D eigenvalue weighted by molar-refractivity contribution is 5.96. The van der Waals surface area contributed by atoms with Crippen LogP contribution in [0, 0.1) is 0 Å². The minimum absolute atomic E-state index is 0.000851. The summed E-state index contributed by atoms with van der Waals surface area (Å²) in [4.78, 5) is 13.4. The molecule has 1 aliphatic heterocycles. The maximum atomic E-state index is 12.5. The molecular weight excluding hydrogens is 267 g/mol. The number of hydrogen-bond donors (Lipinski definition) is 0. The average molecular weight is 283 g/mol. The van der Waals surface area contributed by atoms with Crippen LogP contribution < -0.4 is 4.90 Å². The first-order valence-corrected chi connectivity index (χ1v) is 6.56. The number of nitrogens with zero attached hydrogens (tertiary/aromatic N) is 1. The zero-order chi connectivity index (χ0) is 14.8. The third-order valence-corrected chi connectivity index (χ3v) is 3.45. The molecule has 0 saturated heterocycles. The van der Waals surface area contributed by atoms with Crippen LogP contribution in [-0.2, 0) is 0 Å². The van der Waals surface area contributed by atoms with Gasteiger partial charge in [-0.05, 0) is 30.7 Å². The molecule has 0 unspecified atom stereocenters. The first-order valence-electron chi connectivity index (χ1n) is 6.56. The van der Waals surface area contributed by atoms with Crippen LogP contribution in [0.25, 0.3) is 0 Å². The van der Waals surface area contributed by atoms with Crippen LogP contribution in [-0.4, -0.2) is 25.0 Å². The first-order chi connectivity index (χ1) is 9.41. The van der Waals surface area contributed by atoms with Gasteiger partial charge in [0.25, 0.3) is 0 Å². The molecule has 0 fully saturated rings. The Bertz CT molecular complexity index is 517. The predicted octanol–water partition coefficient (Wildman–Crippen LogP) is 3.98. The second-order valence-electron chi connectivity index (χ2n) is 4.75. The Kier molecular flexibility index (Phi) is 4.16. The Balaban J connectivity index is 2.08. The molecule has 2 rings (SSSR count). The van der Waals surface area contributed by atoms with E-state index in [9.17, 15) is 18.0 Å². The van der Waals surface area contributed by atoms with Crippen LogP contribution in [0.2, 0.25) is 0 Å². The van der Waals surface area contributed by atoms with Crippen molar-refractivity contribution >= 4 is 11.5 Å². The number of carbonyl (C=O) groups is 1. The van der Waals surface area contributed by atoms with E-state index in [0.717, 1.165) is 5.69 Å². The highest BCUT2D eigenvalue weighted by Gasteiger charge is 2.34. The summed E-state index contributed by atoms with van der Waals surface area (Å²) in [6, 6.07) is 7.03. The van der Waals surface area contributed by atoms with E-state index < -0.39 is 11.7 Å². The smallest absolute Gasteiger partial charge is 0.367 e. The van der Waals surface area contributed by atoms with E-state index in [2.05, 4.69) is 0 Å². The molecule has 1 aromatic carbocycles. The lowest BCUT2D eigenvalue weighted by atomic mass is 10.1. The number of alkyl halides is 3. The first kappa shape index (κ1) is 14.6. The Morgan fingerprint density at radius 2 is 1.90 bits per heavy atom. The summed E-state index contributed by atoms with van der Waals surface area (Å²) < 4.78 is 37.6. The van der Waals surface area contributed by atoms with Crippen LogP contribution in [0.4, 0.5) is 18.9 Å². The number of benzene rings is 1. The molecule has 5 heteroatoms. The fourth-order valence-corrected chi connectivity index (χ4v) is 2.22. The lowest BCUT2D eigenvalue weighted by Crippen LogP contribution is -2.31. The van der Waals surface area contributed by atoms with Gasteiger partial charge in [0.15, 0.2) is 5.78 Å². The van der Waals surface area contributed by atoms with Gasteiger partial charge < -0.3 is 4.90 Å². The standard InChI is InChI=1S/C15H16F3NO/c1-2-14(20)11-3-5-13(6-4-11)19-9-7-12(8-10-19)15(16,17)18/h3-7H,2,8-10H2,1H3. The van der Waals surface area contributed by atoms with E-state index in [0.29, 0.717) is 18.5 Å². The van der Waals surface area contributed by atoms with Crippen molar-refractivity contribution in [1.82, 2.24) is 0 Å². The minimum Gasteiger partial charge on any atom is -0.367 e. The normalized spacial score (nSPS) is 16.0. The number of Topliss-reactive ketones (excluding diaryl/α,β-unsaturated/α-hetero) is 1. The average Bonchev–Trinajstić information content (AvgIpc) is 2.46. The van der Waals surface area contributed by atoms with E-state index >= 15 is 0 Å². The molecule has 0 spiro atoms. The minimum atomic E-state index is -4.22. The summed E-state index contributed by atoms with van der Waals surface area (Å²) in [7, 11) is 0. The summed E-state index contributed by atoms with van der Waals surface area (Å²) in [5, 5.41) is 0. The summed E-state index contributed by atoms with van der Waals surface area (Å²) in [6.45, 7) is 2.38. The van der Waals surface area contributed by atoms with Crippen molar-refractivity contribution in [3.63, 3.8) is 0 Å². The molecule has 1 aliphatic rings. The van der Waals surface area contributed by atoms with Crippen molar-refractivity contribution in [2.45, 2.75) is 25.9 Å². The van der Waals surface area contributed by atoms with Crippen molar-refractivity contribution in [3.8, 4) is 0 Å². The number of rotatable bonds is 3. The van der Waals surface area contributed by atoms with Gasteiger partial charge in [0, 0.05) is 36.3 Å². The maximum Gasteiger partial charge on any atom is 0.412 e. The zero-order valence-corrected chi connectivity index (χ0v) is 11.2. The van der Waals surface area contributed by atoms with Crippen molar-refractivity contribution in [2.75, 3.05) is 18.0 Å². The van der Waals surface area contributed by atoms with Crippen LogP contribution in [0.1, 0.15) is 30.1 Å². The van der Waals surface area contributed by atoms with Gasteiger partial charge in [0.1, 0.15) is 0 Å². The molecule has 0 radical (unpaired) electrons. The molecule has 0 amide bonds. The van der Waals surface area contributed by atoms with Gasteiger partial charge >= 0.3 is 6.18 Å². The highest BCUT2D eigenvalue weighted by atomic mass is 19.4. The monoisotopic (exact) mass is 283 g/mol. The van der Waals surface area contributed by atoms with Crippen LogP contribution in [0.3, 0.4) is 0 Å². The Morgan fingerprint density at radius 3 is 2.35 bits per heavy atom. The summed E-state index contributed by atoms with van der Waals surface area (Å²) in [5.41, 5.74) is 1.03. The highest BCUT2D eigenvalue weighted by Crippen LogP contribution is 2.31. The summed E-state index contributed by atoms with van der Waals surface area (Å²) in [5.74, 6) is 0.0643. The van der Waals surface area contributed by atoms with Gasteiger partial charge in [0.2, 0.25) is 0 Å². The molecule has 0 aliphatic carbocycles. The van der Waals surface area contributed by atoms with Crippen LogP contribution in [0.5, 0.6) is 0 Å². The molecule has 0 aromatic heterocycles. The predicted molar refractivity (Wildman–Crippen MR) is 72.0 cm³/mol. The second-order valence-corrected chi connectivity index (χ2v) is 4.75. The molecule has 108 valence electrons. The number of carbonyl (C=O) groups excluding carboxylic acids is 1. The van der Waals surface area contributed by atoms with Gasteiger partial charge in [-0.3, -0.25) is 4.79 Å². The largest absolute Gasteiger partial charge is 0.412 e. The lowest BCUT2D eigenvalue weighted by Gasteiger charge is -2.29. The Labute approximate surface area is 115 Å². The van der Waals surface area contributed by atoms with Gasteiger partial charge in [-0.15, -0.1) is 0 Å². The van der Waals surface area contributed by atoms with Crippen molar-refractivity contribution in [3.05, 3.63) is 41.5 Å². The van der Waals surface area contributed by atoms with Gasteiger partial charge in [-0.25, -0.2) is 0 Å². The third kappa shape index (κ3) is 3.21. The van der Waals surface area contributed by atoms with E-state index in [1.54, 1.807) is 31.2 Å². The molecule has 2 nitrogen and oxygen atoms in total. The van der Waals surface area contributed by atoms with Crippen molar-refractivity contribution < 1.29 is 18.0 Å². The van der Waals surface area contributed by atoms with Gasteiger partial charge in [-0.2, -0.15) is 13.2 Å². The van der Waals surface area contributed by atoms with Crippen molar-refractivity contribution in [1.29, 1.82) is 0 Å². The van der Waals surface area contributed by atoms with Gasteiger partial charge in [0.05, 0.1) is 0 Å². The third-order valence-electron chi connectivity index (χ3n) is 3.45. The summed E-state index contributed by atoms with van der Waals surface area (Å²) >= 11 is 0. The van der Waals surface area contributed by atoms with E-state index in [-0.39, 0.29) is 18.7 Å². The molecule has 0 N–H and O–H groups in total. The molecule has 0 saturated carbocycles. The fourth-order valence-electron chi connectivity index (χ4n) is 2.22. The second kappa shape index (κ2) is 5.69.